The Balaban J connectivity index is 2.52. The van der Waals surface area contributed by atoms with E-state index in [-0.39, 0.29) is 13.0 Å². The van der Waals surface area contributed by atoms with Crippen molar-refractivity contribution in [3.05, 3.63) is 24.3 Å². The molecule has 1 aromatic rings. The van der Waals surface area contributed by atoms with Gasteiger partial charge in [0.15, 0.2) is 0 Å². The van der Waals surface area contributed by atoms with Crippen molar-refractivity contribution >= 4 is 23.3 Å². The first-order chi connectivity index (χ1) is 7.63. The van der Waals surface area contributed by atoms with E-state index in [2.05, 4.69) is 10.1 Å². The van der Waals surface area contributed by atoms with E-state index >= 15 is 0 Å². The molecule has 0 spiro atoms. The van der Waals surface area contributed by atoms with E-state index in [1.165, 1.54) is 0 Å². The summed E-state index contributed by atoms with van der Waals surface area (Å²) in [6, 6.07) is 6.84. The molecule has 1 aromatic carbocycles. The van der Waals surface area contributed by atoms with E-state index < -0.39 is 11.9 Å². The number of carbonyl (C=O) groups is 2. The van der Waals surface area contributed by atoms with Crippen molar-refractivity contribution in [1.82, 2.24) is 0 Å². The summed E-state index contributed by atoms with van der Waals surface area (Å²) in [5, 5.41) is 2.53. The van der Waals surface area contributed by atoms with Crippen molar-refractivity contribution in [3.8, 4) is 0 Å². The Morgan fingerprint density at radius 2 is 2.06 bits per heavy atom. The Hall–Kier alpha value is -2.04. The third-order valence-electron chi connectivity index (χ3n) is 1.85. The van der Waals surface area contributed by atoms with Crippen molar-refractivity contribution in [2.75, 3.05) is 17.7 Å². The van der Waals surface area contributed by atoms with Crippen LogP contribution < -0.4 is 11.1 Å². The molecule has 86 valence electrons. The minimum absolute atomic E-state index is 0.263. The number of hydrogen-bond donors (Lipinski definition) is 2. The second-order valence-electron chi connectivity index (χ2n) is 3.12. The van der Waals surface area contributed by atoms with Gasteiger partial charge < -0.3 is 15.8 Å². The summed E-state index contributed by atoms with van der Waals surface area (Å²) in [5.74, 6) is -0.981. The number of anilines is 2. The molecule has 16 heavy (non-hydrogen) atoms. The van der Waals surface area contributed by atoms with Crippen LogP contribution in [0.25, 0.3) is 0 Å². The third-order valence-corrected chi connectivity index (χ3v) is 1.85. The van der Waals surface area contributed by atoms with Gasteiger partial charge >= 0.3 is 5.97 Å². The van der Waals surface area contributed by atoms with E-state index in [1.807, 2.05) is 0 Å². The Kier molecular flexibility index (Phi) is 4.32. The second kappa shape index (κ2) is 5.75. The molecule has 0 saturated carbocycles. The number of benzene rings is 1. The lowest BCUT2D eigenvalue weighted by atomic mass is 10.2. The molecule has 0 aromatic heterocycles. The van der Waals surface area contributed by atoms with E-state index in [0.717, 1.165) is 0 Å². The number of para-hydroxylation sites is 2. The minimum atomic E-state index is -0.547. The zero-order valence-electron chi connectivity index (χ0n) is 9.03. The Labute approximate surface area is 93.6 Å². The van der Waals surface area contributed by atoms with E-state index in [9.17, 15) is 9.59 Å². The van der Waals surface area contributed by atoms with E-state index in [4.69, 9.17) is 5.73 Å². The number of carbonyl (C=O) groups excluding carboxylic acids is 2. The molecule has 0 aliphatic heterocycles. The van der Waals surface area contributed by atoms with Crippen LogP contribution in [0.4, 0.5) is 11.4 Å². The van der Waals surface area contributed by atoms with Crippen LogP contribution in [0.15, 0.2) is 24.3 Å². The highest BCUT2D eigenvalue weighted by molar-refractivity contribution is 6.03. The fraction of sp³-hybridized carbons (Fsp3) is 0.273. The van der Waals surface area contributed by atoms with Gasteiger partial charge in [-0.25, -0.2) is 0 Å². The smallest absolute Gasteiger partial charge is 0.315 e. The minimum Gasteiger partial charge on any atom is -0.466 e. The fourth-order valence-electron chi connectivity index (χ4n) is 1.15. The standard InChI is InChI=1S/C11H14N2O3/c1-2-16-11(15)7-10(14)13-9-6-4-3-5-8(9)12/h3-6H,2,7,12H2,1H3,(H,13,14). The predicted octanol–water partition coefficient (Wildman–Crippen LogP) is 1.16. The highest BCUT2D eigenvalue weighted by atomic mass is 16.5. The number of rotatable bonds is 4. The van der Waals surface area contributed by atoms with Crippen LogP contribution in [-0.4, -0.2) is 18.5 Å². The van der Waals surface area contributed by atoms with Crippen LogP contribution in [0.5, 0.6) is 0 Å². The topological polar surface area (TPSA) is 81.4 Å². The number of nitrogen functional groups attached to an aromatic ring is 1. The predicted molar refractivity (Wildman–Crippen MR) is 60.7 cm³/mol. The third kappa shape index (κ3) is 3.61. The molecule has 0 radical (unpaired) electrons. The van der Waals surface area contributed by atoms with Crippen LogP contribution in [0, 0.1) is 0 Å². The van der Waals surface area contributed by atoms with Gasteiger partial charge in [-0.05, 0) is 19.1 Å². The Morgan fingerprint density at radius 1 is 1.38 bits per heavy atom. The number of nitrogens with two attached hydrogens (primary N) is 1. The molecule has 0 bridgehead atoms. The van der Waals surface area contributed by atoms with Gasteiger partial charge in [-0.3, -0.25) is 9.59 Å². The average molecular weight is 222 g/mol. The van der Waals surface area contributed by atoms with Crippen molar-refractivity contribution in [1.29, 1.82) is 0 Å². The summed E-state index contributed by atoms with van der Waals surface area (Å²) in [7, 11) is 0. The molecule has 0 aliphatic rings. The SMILES string of the molecule is CCOC(=O)CC(=O)Nc1ccccc1N. The maximum absolute atomic E-state index is 11.4. The zero-order valence-corrected chi connectivity index (χ0v) is 9.03. The molecule has 0 aliphatic carbocycles. The van der Waals surface area contributed by atoms with Gasteiger partial charge in [0.2, 0.25) is 5.91 Å². The summed E-state index contributed by atoms with van der Waals surface area (Å²) in [5.41, 5.74) is 6.58. The lowest BCUT2D eigenvalue weighted by Gasteiger charge is -2.07. The molecule has 5 heteroatoms. The first-order valence-electron chi connectivity index (χ1n) is 4.93. The Morgan fingerprint density at radius 3 is 2.69 bits per heavy atom. The van der Waals surface area contributed by atoms with Crippen molar-refractivity contribution in [2.24, 2.45) is 0 Å². The fourth-order valence-corrected chi connectivity index (χ4v) is 1.15. The number of amides is 1. The van der Waals surface area contributed by atoms with Gasteiger partial charge in [-0.15, -0.1) is 0 Å². The summed E-state index contributed by atoms with van der Waals surface area (Å²) in [4.78, 5) is 22.4. The van der Waals surface area contributed by atoms with E-state index in [0.29, 0.717) is 11.4 Å². The van der Waals surface area contributed by atoms with Crippen LogP contribution in [0.3, 0.4) is 0 Å². The maximum Gasteiger partial charge on any atom is 0.315 e. The summed E-state index contributed by atoms with van der Waals surface area (Å²) in [6.45, 7) is 1.95. The summed E-state index contributed by atoms with van der Waals surface area (Å²) >= 11 is 0. The largest absolute Gasteiger partial charge is 0.466 e. The number of hydrogen-bond acceptors (Lipinski definition) is 4. The van der Waals surface area contributed by atoms with Gasteiger partial charge in [0.1, 0.15) is 6.42 Å². The van der Waals surface area contributed by atoms with E-state index in [1.54, 1.807) is 31.2 Å². The van der Waals surface area contributed by atoms with Gasteiger partial charge in [-0.2, -0.15) is 0 Å². The van der Waals surface area contributed by atoms with Gasteiger partial charge in [0, 0.05) is 0 Å². The van der Waals surface area contributed by atoms with Crippen LogP contribution in [0.2, 0.25) is 0 Å². The van der Waals surface area contributed by atoms with Gasteiger partial charge in [0.05, 0.1) is 18.0 Å². The molecule has 1 amide bonds. The van der Waals surface area contributed by atoms with Crippen LogP contribution in [0.1, 0.15) is 13.3 Å². The van der Waals surface area contributed by atoms with Gasteiger partial charge in [-0.1, -0.05) is 12.1 Å². The second-order valence-corrected chi connectivity index (χ2v) is 3.12. The molecule has 0 atom stereocenters. The van der Waals surface area contributed by atoms with Crippen molar-refractivity contribution < 1.29 is 14.3 Å². The first-order valence-corrected chi connectivity index (χ1v) is 4.93. The quantitative estimate of drug-likeness (QED) is 0.455. The number of esters is 1. The first kappa shape index (κ1) is 12.0. The lowest BCUT2D eigenvalue weighted by Crippen LogP contribution is -2.18. The molecule has 1 rings (SSSR count). The normalized spacial score (nSPS) is 9.56. The number of ether oxygens (including phenoxy) is 1. The van der Waals surface area contributed by atoms with Gasteiger partial charge in [0.25, 0.3) is 0 Å². The van der Waals surface area contributed by atoms with Crippen molar-refractivity contribution in [3.63, 3.8) is 0 Å². The molecule has 5 nitrogen and oxygen atoms in total. The number of nitrogens with one attached hydrogen (secondary N) is 1. The molecular formula is C11H14N2O3. The van der Waals surface area contributed by atoms with Crippen LogP contribution in [-0.2, 0) is 14.3 Å². The van der Waals surface area contributed by atoms with Crippen LogP contribution >= 0.6 is 0 Å². The highest BCUT2D eigenvalue weighted by Crippen LogP contribution is 2.16. The molecule has 0 fully saturated rings. The highest BCUT2D eigenvalue weighted by Gasteiger charge is 2.10. The summed E-state index contributed by atoms with van der Waals surface area (Å²) < 4.78 is 4.65. The molecule has 0 heterocycles. The lowest BCUT2D eigenvalue weighted by molar-refractivity contribution is -0.145. The maximum atomic E-state index is 11.4. The van der Waals surface area contributed by atoms with Crippen molar-refractivity contribution in [2.45, 2.75) is 13.3 Å². The zero-order chi connectivity index (χ0) is 12.0. The Bertz CT molecular complexity index is 391. The summed E-state index contributed by atoms with van der Waals surface area (Å²) in [6.07, 6.45) is -0.303. The monoisotopic (exact) mass is 222 g/mol. The average Bonchev–Trinajstić information content (AvgIpc) is 2.21. The molecular weight excluding hydrogens is 208 g/mol. The molecule has 3 N–H and O–H groups in total. The molecule has 0 saturated heterocycles. The molecule has 0 unspecified atom stereocenters.